The van der Waals surface area contributed by atoms with Gasteiger partial charge >= 0.3 is 0 Å². The van der Waals surface area contributed by atoms with E-state index < -0.39 is 6.04 Å². The maximum absolute atomic E-state index is 12.6. The summed E-state index contributed by atoms with van der Waals surface area (Å²) in [5.41, 5.74) is 0. The first-order valence-corrected chi connectivity index (χ1v) is 8.78. The van der Waals surface area contributed by atoms with Gasteiger partial charge in [0.2, 0.25) is 17.7 Å². The predicted octanol–water partition coefficient (Wildman–Crippen LogP) is 0.179. The maximum atomic E-state index is 12.6. The van der Waals surface area contributed by atoms with Gasteiger partial charge in [-0.05, 0) is 25.7 Å². The molecule has 0 spiro atoms. The zero-order valence-corrected chi connectivity index (χ0v) is 12.9. The minimum atomic E-state index is -0.437. The fourth-order valence-electron chi connectivity index (χ4n) is 3.19. The van der Waals surface area contributed by atoms with Crippen molar-refractivity contribution in [3.8, 4) is 0 Å². The highest BCUT2D eigenvalue weighted by Crippen LogP contribution is 2.25. The Balaban J connectivity index is 1.65. The molecule has 0 aromatic rings. The second-order valence-electron chi connectivity index (χ2n) is 5.87. The average Bonchev–Trinajstić information content (AvgIpc) is 3.15. The van der Waals surface area contributed by atoms with Gasteiger partial charge in [0.1, 0.15) is 12.1 Å². The van der Waals surface area contributed by atoms with Gasteiger partial charge in [0, 0.05) is 25.3 Å². The summed E-state index contributed by atoms with van der Waals surface area (Å²) in [6.07, 6.45) is 4.24. The maximum Gasteiger partial charge on any atom is 0.246 e. The van der Waals surface area contributed by atoms with Crippen LogP contribution < -0.4 is 5.32 Å². The first-order chi connectivity index (χ1) is 10.2. The Bertz CT molecular complexity index is 451. The van der Waals surface area contributed by atoms with Crippen molar-refractivity contribution in [2.75, 3.05) is 24.7 Å². The number of hydrogen-bond donors (Lipinski definition) is 1. The number of carbonyl (C=O) groups is 3. The Morgan fingerprint density at radius 2 is 1.90 bits per heavy atom. The van der Waals surface area contributed by atoms with Gasteiger partial charge in [-0.3, -0.25) is 14.4 Å². The van der Waals surface area contributed by atoms with Crippen molar-refractivity contribution in [1.29, 1.82) is 0 Å². The minimum absolute atomic E-state index is 0.0703. The van der Waals surface area contributed by atoms with Crippen molar-refractivity contribution in [3.63, 3.8) is 0 Å². The molecule has 3 rings (SSSR count). The number of nitrogens with one attached hydrogen (secondary N) is 1. The summed E-state index contributed by atoms with van der Waals surface area (Å²) >= 11 is 1.62. The zero-order chi connectivity index (χ0) is 14.8. The molecule has 3 amide bonds. The molecule has 116 valence electrons. The second kappa shape index (κ2) is 6.25. The van der Waals surface area contributed by atoms with Crippen LogP contribution in [-0.2, 0) is 14.4 Å². The largest absolute Gasteiger partial charge is 0.344 e. The van der Waals surface area contributed by atoms with Crippen molar-refractivity contribution in [2.45, 2.75) is 44.2 Å². The fourth-order valence-corrected chi connectivity index (χ4v) is 4.34. The lowest BCUT2D eigenvalue weighted by molar-refractivity contribution is -0.145. The zero-order valence-electron chi connectivity index (χ0n) is 12.0. The second-order valence-corrected chi connectivity index (χ2v) is 6.87. The Kier molecular flexibility index (Phi) is 4.37. The topological polar surface area (TPSA) is 69.7 Å². The van der Waals surface area contributed by atoms with E-state index in [0.29, 0.717) is 24.5 Å². The molecule has 7 heteroatoms. The van der Waals surface area contributed by atoms with E-state index in [0.717, 1.165) is 25.9 Å². The highest BCUT2D eigenvalue weighted by Gasteiger charge is 2.41. The Morgan fingerprint density at radius 1 is 1.14 bits per heavy atom. The van der Waals surface area contributed by atoms with Crippen molar-refractivity contribution >= 4 is 29.5 Å². The van der Waals surface area contributed by atoms with E-state index in [1.807, 2.05) is 4.90 Å². The monoisotopic (exact) mass is 311 g/mol. The molecule has 3 aliphatic heterocycles. The van der Waals surface area contributed by atoms with E-state index in [1.165, 1.54) is 6.42 Å². The van der Waals surface area contributed by atoms with E-state index in [2.05, 4.69) is 5.32 Å². The molecule has 0 unspecified atom stereocenters. The van der Waals surface area contributed by atoms with Crippen molar-refractivity contribution in [2.24, 2.45) is 0 Å². The summed E-state index contributed by atoms with van der Waals surface area (Å²) in [6, 6.07) is -0.786. The third-order valence-corrected chi connectivity index (χ3v) is 5.42. The first-order valence-electron chi connectivity index (χ1n) is 7.63. The lowest BCUT2D eigenvalue weighted by Crippen LogP contribution is -2.53. The highest BCUT2D eigenvalue weighted by atomic mass is 32.2. The Labute approximate surface area is 128 Å². The van der Waals surface area contributed by atoms with Crippen molar-refractivity contribution in [1.82, 2.24) is 15.1 Å². The number of carbonyl (C=O) groups excluding carboxylic acids is 3. The van der Waals surface area contributed by atoms with E-state index >= 15 is 0 Å². The molecule has 1 N–H and O–H groups in total. The van der Waals surface area contributed by atoms with E-state index in [9.17, 15) is 14.4 Å². The summed E-state index contributed by atoms with van der Waals surface area (Å²) in [5, 5.41) is 2.71. The van der Waals surface area contributed by atoms with Gasteiger partial charge in [-0.1, -0.05) is 0 Å². The molecule has 3 aliphatic rings. The molecule has 3 fully saturated rings. The molecular weight excluding hydrogens is 290 g/mol. The molecule has 3 saturated heterocycles. The molecule has 0 radical (unpaired) electrons. The number of rotatable bonds is 2. The van der Waals surface area contributed by atoms with Crippen LogP contribution in [0.4, 0.5) is 0 Å². The first kappa shape index (κ1) is 14.7. The minimum Gasteiger partial charge on any atom is -0.344 e. The van der Waals surface area contributed by atoms with E-state index in [4.69, 9.17) is 0 Å². The lowest BCUT2D eigenvalue weighted by atomic mass is 10.1. The van der Waals surface area contributed by atoms with Crippen LogP contribution in [0.1, 0.15) is 32.1 Å². The SMILES string of the molecule is O=C1CC[C@@H](C(=O)N2CSC[C@H]2C(=O)N2CCCCC2)N1. The third kappa shape index (κ3) is 3.02. The smallest absolute Gasteiger partial charge is 0.246 e. The molecule has 21 heavy (non-hydrogen) atoms. The molecule has 6 nitrogen and oxygen atoms in total. The number of piperidine rings is 1. The predicted molar refractivity (Wildman–Crippen MR) is 79.6 cm³/mol. The third-order valence-electron chi connectivity index (χ3n) is 4.41. The van der Waals surface area contributed by atoms with Gasteiger partial charge in [0.05, 0.1) is 5.88 Å². The molecule has 3 heterocycles. The summed E-state index contributed by atoms with van der Waals surface area (Å²) in [4.78, 5) is 40.0. The molecular formula is C14H21N3O3S. The van der Waals surface area contributed by atoms with Crippen LogP contribution in [0, 0.1) is 0 Å². The van der Waals surface area contributed by atoms with Gasteiger partial charge in [0.15, 0.2) is 0 Å². The van der Waals surface area contributed by atoms with Crippen LogP contribution in [-0.4, -0.2) is 64.3 Å². The lowest BCUT2D eigenvalue weighted by Gasteiger charge is -2.33. The summed E-state index contributed by atoms with van der Waals surface area (Å²) in [6.45, 7) is 1.62. The molecule has 0 aliphatic carbocycles. The normalized spacial score (nSPS) is 29.6. The number of likely N-dealkylation sites (tertiary alicyclic amines) is 1. The Hall–Kier alpha value is -1.24. The van der Waals surface area contributed by atoms with Crippen LogP contribution in [0.25, 0.3) is 0 Å². The van der Waals surface area contributed by atoms with Gasteiger partial charge < -0.3 is 15.1 Å². The van der Waals surface area contributed by atoms with Crippen LogP contribution in [0.5, 0.6) is 0 Å². The number of thioether (sulfide) groups is 1. The molecule has 0 saturated carbocycles. The molecule has 0 bridgehead atoms. The van der Waals surface area contributed by atoms with Gasteiger partial charge in [0.25, 0.3) is 0 Å². The van der Waals surface area contributed by atoms with Crippen LogP contribution in [0.2, 0.25) is 0 Å². The van der Waals surface area contributed by atoms with Gasteiger partial charge in [-0.15, -0.1) is 11.8 Å². The number of amides is 3. The van der Waals surface area contributed by atoms with Gasteiger partial charge in [-0.2, -0.15) is 0 Å². The number of hydrogen-bond acceptors (Lipinski definition) is 4. The molecule has 2 atom stereocenters. The standard InChI is InChI=1S/C14H21N3O3S/c18-12-5-4-10(15-12)13(19)17-9-21-8-11(17)14(20)16-6-2-1-3-7-16/h10-11H,1-9H2,(H,15,18)/t10-,11-/m0/s1. The van der Waals surface area contributed by atoms with Crippen LogP contribution >= 0.6 is 11.8 Å². The summed E-state index contributed by atoms with van der Waals surface area (Å²) in [7, 11) is 0. The van der Waals surface area contributed by atoms with Crippen molar-refractivity contribution in [3.05, 3.63) is 0 Å². The Morgan fingerprint density at radius 3 is 2.57 bits per heavy atom. The average molecular weight is 311 g/mol. The van der Waals surface area contributed by atoms with Gasteiger partial charge in [-0.25, -0.2) is 0 Å². The molecule has 0 aromatic heterocycles. The van der Waals surface area contributed by atoms with Crippen molar-refractivity contribution < 1.29 is 14.4 Å². The highest BCUT2D eigenvalue weighted by molar-refractivity contribution is 7.99. The van der Waals surface area contributed by atoms with E-state index in [1.54, 1.807) is 16.7 Å². The summed E-state index contributed by atoms with van der Waals surface area (Å²) in [5.74, 6) is 1.13. The van der Waals surface area contributed by atoms with E-state index in [-0.39, 0.29) is 23.8 Å². The summed E-state index contributed by atoms with van der Waals surface area (Å²) < 4.78 is 0. The fraction of sp³-hybridized carbons (Fsp3) is 0.786. The number of nitrogens with zero attached hydrogens (tertiary/aromatic N) is 2. The quantitative estimate of drug-likeness (QED) is 0.790. The molecule has 0 aromatic carbocycles. The van der Waals surface area contributed by atoms with Crippen LogP contribution in [0.3, 0.4) is 0 Å². The van der Waals surface area contributed by atoms with Crippen LogP contribution in [0.15, 0.2) is 0 Å².